The number of hydrogen-bond acceptors (Lipinski definition) is 5. The Labute approximate surface area is 128 Å². The van der Waals surface area contributed by atoms with E-state index in [2.05, 4.69) is 14.8 Å². The van der Waals surface area contributed by atoms with Gasteiger partial charge >= 0.3 is 0 Å². The molecule has 7 nitrogen and oxygen atoms in total. The van der Waals surface area contributed by atoms with Gasteiger partial charge in [-0.25, -0.2) is 13.1 Å². The third-order valence-corrected chi connectivity index (χ3v) is 4.55. The van der Waals surface area contributed by atoms with Gasteiger partial charge in [0.05, 0.1) is 5.69 Å². The van der Waals surface area contributed by atoms with Crippen LogP contribution in [0.25, 0.3) is 0 Å². The van der Waals surface area contributed by atoms with E-state index in [1.54, 1.807) is 10.9 Å². The summed E-state index contributed by atoms with van der Waals surface area (Å²) in [6, 6.07) is 4.75. The van der Waals surface area contributed by atoms with Crippen molar-refractivity contribution in [1.29, 1.82) is 0 Å². The summed E-state index contributed by atoms with van der Waals surface area (Å²) in [6.07, 6.45) is 3.46. The minimum atomic E-state index is -3.60. The van der Waals surface area contributed by atoms with Crippen LogP contribution in [-0.4, -0.2) is 34.7 Å². The summed E-state index contributed by atoms with van der Waals surface area (Å²) in [5.41, 5.74) is 6.75. The Hall–Kier alpha value is -1.84. The summed E-state index contributed by atoms with van der Waals surface area (Å²) in [7, 11) is -1.79. The number of aryl methyl sites for hydroxylation is 1. The van der Waals surface area contributed by atoms with Crippen LogP contribution in [0.2, 0.25) is 0 Å². The molecule has 3 N–H and O–H groups in total. The molecule has 0 aromatic carbocycles. The SMILES string of the molecule is Cn1nccc1CCNS(=O)(=O)c1ccc(C(N)=S)nc1. The highest BCUT2D eigenvalue weighted by molar-refractivity contribution is 7.89. The zero-order chi connectivity index (χ0) is 15.5. The lowest BCUT2D eigenvalue weighted by Crippen LogP contribution is -2.26. The molecule has 0 aliphatic rings. The Kier molecular flexibility index (Phi) is 4.66. The van der Waals surface area contributed by atoms with Gasteiger partial charge in [-0.15, -0.1) is 0 Å². The first-order valence-corrected chi connectivity index (χ1v) is 8.02. The van der Waals surface area contributed by atoms with Crippen molar-refractivity contribution >= 4 is 27.2 Å². The van der Waals surface area contributed by atoms with Crippen LogP contribution in [0.5, 0.6) is 0 Å². The quantitative estimate of drug-likeness (QED) is 0.723. The predicted octanol–water partition coefficient (Wildman–Crippen LogP) is -0.0297. The van der Waals surface area contributed by atoms with E-state index in [-0.39, 0.29) is 16.4 Å². The second-order valence-corrected chi connectivity index (χ2v) is 6.54. The predicted molar refractivity (Wildman–Crippen MR) is 82.2 cm³/mol. The summed E-state index contributed by atoms with van der Waals surface area (Å²) in [5.74, 6) is 0. The van der Waals surface area contributed by atoms with Crippen LogP contribution in [0.3, 0.4) is 0 Å². The molecule has 21 heavy (non-hydrogen) atoms. The second kappa shape index (κ2) is 6.29. The fourth-order valence-electron chi connectivity index (χ4n) is 1.73. The van der Waals surface area contributed by atoms with Crippen molar-refractivity contribution in [2.75, 3.05) is 6.54 Å². The fourth-order valence-corrected chi connectivity index (χ4v) is 2.83. The molecule has 2 aromatic heterocycles. The highest BCUT2D eigenvalue weighted by atomic mass is 32.2. The van der Waals surface area contributed by atoms with Gasteiger partial charge in [0.1, 0.15) is 9.88 Å². The largest absolute Gasteiger partial charge is 0.388 e. The summed E-state index contributed by atoms with van der Waals surface area (Å²) in [6.45, 7) is 0.277. The van der Waals surface area contributed by atoms with E-state index < -0.39 is 10.0 Å². The van der Waals surface area contributed by atoms with Crippen LogP contribution in [0.1, 0.15) is 11.4 Å². The molecule has 2 heterocycles. The first-order valence-electron chi connectivity index (χ1n) is 6.12. The van der Waals surface area contributed by atoms with E-state index in [9.17, 15) is 8.42 Å². The number of nitrogens with two attached hydrogens (primary N) is 1. The maximum Gasteiger partial charge on any atom is 0.242 e. The number of nitrogens with one attached hydrogen (secondary N) is 1. The standard InChI is InChI=1S/C12H15N5O2S2/c1-17-9(4-6-15-17)5-7-16-21(18,19)10-2-3-11(12(13)20)14-8-10/h2-4,6,8,16H,5,7H2,1H3,(H2,13,20). The molecule has 0 spiro atoms. The molecular formula is C12H15N5O2S2. The molecule has 2 rings (SSSR count). The Morgan fingerprint density at radius 3 is 2.71 bits per heavy atom. The van der Waals surface area contributed by atoms with E-state index >= 15 is 0 Å². The van der Waals surface area contributed by atoms with Crippen molar-refractivity contribution < 1.29 is 8.42 Å². The van der Waals surface area contributed by atoms with Gasteiger partial charge in [0.25, 0.3) is 0 Å². The minimum Gasteiger partial charge on any atom is -0.388 e. The maximum atomic E-state index is 12.1. The van der Waals surface area contributed by atoms with Crippen molar-refractivity contribution in [3.63, 3.8) is 0 Å². The average molecular weight is 325 g/mol. The fraction of sp³-hybridized carbons (Fsp3) is 0.250. The monoisotopic (exact) mass is 325 g/mol. The zero-order valence-corrected chi connectivity index (χ0v) is 13.0. The van der Waals surface area contributed by atoms with Crippen LogP contribution in [0, 0.1) is 0 Å². The molecule has 112 valence electrons. The first kappa shape index (κ1) is 15.5. The lowest BCUT2D eigenvalue weighted by atomic mass is 10.3. The normalized spacial score (nSPS) is 11.5. The lowest BCUT2D eigenvalue weighted by molar-refractivity contribution is 0.579. The third-order valence-electron chi connectivity index (χ3n) is 2.89. The molecule has 0 fully saturated rings. The van der Waals surface area contributed by atoms with Crippen molar-refractivity contribution in [3.05, 3.63) is 42.0 Å². The van der Waals surface area contributed by atoms with Crippen molar-refractivity contribution in [3.8, 4) is 0 Å². The molecule has 0 aliphatic carbocycles. The number of nitrogens with zero attached hydrogens (tertiary/aromatic N) is 3. The van der Waals surface area contributed by atoms with Gasteiger partial charge in [0, 0.05) is 38.1 Å². The number of thiocarbonyl (C=S) groups is 1. The molecule has 0 atom stereocenters. The summed E-state index contributed by atoms with van der Waals surface area (Å²) >= 11 is 4.77. The highest BCUT2D eigenvalue weighted by Crippen LogP contribution is 2.08. The van der Waals surface area contributed by atoms with Crippen molar-refractivity contribution in [2.45, 2.75) is 11.3 Å². The lowest BCUT2D eigenvalue weighted by Gasteiger charge is -2.07. The Morgan fingerprint density at radius 2 is 2.19 bits per heavy atom. The summed E-state index contributed by atoms with van der Waals surface area (Å²) in [4.78, 5) is 4.12. The highest BCUT2D eigenvalue weighted by Gasteiger charge is 2.14. The molecule has 0 aliphatic heterocycles. The van der Waals surface area contributed by atoms with Gasteiger partial charge in [-0.1, -0.05) is 12.2 Å². The Morgan fingerprint density at radius 1 is 1.43 bits per heavy atom. The van der Waals surface area contributed by atoms with Gasteiger partial charge in [-0.3, -0.25) is 9.67 Å². The number of hydrogen-bond donors (Lipinski definition) is 2. The van der Waals surface area contributed by atoms with Gasteiger partial charge in [0.15, 0.2) is 0 Å². The van der Waals surface area contributed by atoms with E-state index in [1.807, 2.05) is 13.1 Å². The minimum absolute atomic E-state index is 0.0764. The number of rotatable bonds is 6. The zero-order valence-electron chi connectivity index (χ0n) is 11.4. The molecule has 0 amide bonds. The van der Waals surface area contributed by atoms with E-state index in [4.69, 9.17) is 18.0 Å². The first-order chi connectivity index (χ1) is 9.90. The van der Waals surface area contributed by atoms with Crippen LogP contribution in [-0.2, 0) is 23.5 Å². The van der Waals surface area contributed by atoms with Crippen molar-refractivity contribution in [2.24, 2.45) is 12.8 Å². The smallest absolute Gasteiger partial charge is 0.242 e. The van der Waals surface area contributed by atoms with Crippen LogP contribution >= 0.6 is 12.2 Å². The van der Waals surface area contributed by atoms with Crippen LogP contribution in [0.15, 0.2) is 35.5 Å². The Balaban J connectivity index is 2.01. The van der Waals surface area contributed by atoms with Crippen LogP contribution in [0.4, 0.5) is 0 Å². The second-order valence-electron chi connectivity index (χ2n) is 4.34. The molecule has 0 bridgehead atoms. The topological polar surface area (TPSA) is 103 Å². The number of pyridine rings is 1. The number of sulfonamides is 1. The molecule has 2 aromatic rings. The van der Waals surface area contributed by atoms with Crippen molar-refractivity contribution in [1.82, 2.24) is 19.5 Å². The van der Waals surface area contributed by atoms with Crippen LogP contribution < -0.4 is 10.5 Å². The summed E-state index contributed by atoms with van der Waals surface area (Å²) < 4.78 is 28.4. The average Bonchev–Trinajstić information content (AvgIpc) is 2.84. The molecule has 9 heteroatoms. The Bertz CT molecular complexity index is 737. The third kappa shape index (κ3) is 3.84. The van der Waals surface area contributed by atoms with E-state index in [1.165, 1.54) is 18.3 Å². The number of aromatic nitrogens is 3. The maximum absolute atomic E-state index is 12.1. The van der Waals surface area contributed by atoms with Gasteiger partial charge < -0.3 is 5.73 Å². The molecule has 0 saturated carbocycles. The van der Waals surface area contributed by atoms with E-state index in [0.29, 0.717) is 12.1 Å². The molecular weight excluding hydrogens is 310 g/mol. The summed E-state index contributed by atoms with van der Waals surface area (Å²) in [5, 5.41) is 4.02. The van der Waals surface area contributed by atoms with Gasteiger partial charge in [-0.2, -0.15) is 5.10 Å². The van der Waals surface area contributed by atoms with Gasteiger partial charge in [0.2, 0.25) is 10.0 Å². The molecule has 0 unspecified atom stereocenters. The molecule has 0 saturated heterocycles. The van der Waals surface area contributed by atoms with Gasteiger partial charge in [-0.05, 0) is 18.2 Å². The van der Waals surface area contributed by atoms with E-state index in [0.717, 1.165) is 5.69 Å². The molecule has 0 radical (unpaired) electrons.